The van der Waals surface area contributed by atoms with E-state index in [-0.39, 0.29) is 0 Å². The molecule has 0 heterocycles. The number of halogens is 6. The summed E-state index contributed by atoms with van der Waals surface area (Å²) in [6.07, 6.45) is -11.2. The third-order valence-electron chi connectivity index (χ3n) is 3.37. The van der Waals surface area contributed by atoms with E-state index in [4.69, 9.17) is 4.74 Å². The largest absolute Gasteiger partial charge is 0.458 e. The number of carbonyl (C=O) groups excluding carboxylic acids is 1. The lowest BCUT2D eigenvalue weighted by molar-refractivity contribution is -0.388. The van der Waals surface area contributed by atoms with Crippen LogP contribution in [0.2, 0.25) is 0 Å². The van der Waals surface area contributed by atoms with Gasteiger partial charge in [-0.1, -0.05) is 24.3 Å². The van der Waals surface area contributed by atoms with Gasteiger partial charge in [-0.05, 0) is 39.2 Å². The van der Waals surface area contributed by atoms with Gasteiger partial charge in [-0.15, -0.1) is 8.58 Å². The zero-order valence-electron chi connectivity index (χ0n) is 15.2. The van der Waals surface area contributed by atoms with Crippen molar-refractivity contribution in [2.75, 3.05) is 13.3 Å². The van der Waals surface area contributed by atoms with Gasteiger partial charge in [-0.2, -0.15) is 26.3 Å². The lowest BCUT2D eigenvalue weighted by Crippen LogP contribution is -2.56. The molecule has 1 aromatic carbocycles. The highest BCUT2D eigenvalue weighted by Crippen LogP contribution is 2.53. The second-order valence-corrected chi connectivity index (χ2v) is 7.84. The van der Waals surface area contributed by atoms with E-state index >= 15 is 0 Å². The molecule has 0 aliphatic rings. The van der Waals surface area contributed by atoms with E-state index in [9.17, 15) is 31.1 Å². The predicted octanol–water partition coefficient (Wildman–Crippen LogP) is 5.17. The van der Waals surface area contributed by atoms with Gasteiger partial charge in [0.25, 0.3) is 5.60 Å². The fraction of sp³-hybridized carbons (Fsp3) is 0.588. The molecule has 0 aliphatic carbocycles. The van der Waals surface area contributed by atoms with Crippen LogP contribution in [0.3, 0.4) is 0 Å². The molecule has 1 rings (SSSR count). The van der Waals surface area contributed by atoms with Crippen molar-refractivity contribution in [1.29, 1.82) is 0 Å². The fourth-order valence-corrected chi connectivity index (χ4v) is 2.98. The van der Waals surface area contributed by atoms with Gasteiger partial charge in [0.1, 0.15) is 12.2 Å². The lowest BCUT2D eigenvalue weighted by Gasteiger charge is -2.37. The molecule has 0 N–H and O–H groups in total. The van der Waals surface area contributed by atoms with Gasteiger partial charge in [0, 0.05) is 5.56 Å². The number of hydrogen-bond acceptors (Lipinski definition) is 3. The Bertz CT molecular complexity index is 618. The lowest BCUT2D eigenvalue weighted by atomic mass is 9.91. The van der Waals surface area contributed by atoms with Crippen molar-refractivity contribution in [2.24, 2.45) is 0 Å². The van der Waals surface area contributed by atoms with Crippen molar-refractivity contribution >= 4 is 14.6 Å². The molecule has 3 nitrogen and oxygen atoms in total. The van der Waals surface area contributed by atoms with E-state index < -0.39 is 41.7 Å². The van der Waals surface area contributed by atoms with Gasteiger partial charge in [-0.25, -0.2) is 4.79 Å². The van der Waals surface area contributed by atoms with Gasteiger partial charge >= 0.3 is 18.3 Å². The number of alkyl halides is 6. The molecule has 0 fully saturated rings. The molecule has 27 heavy (non-hydrogen) atoms. The van der Waals surface area contributed by atoms with Crippen LogP contribution in [0.5, 0.6) is 0 Å². The standard InChI is InChI=1S/C17H21F6O3P/c1-14(2,3)26-13(24)9-25-15(16(18,19)20,17(21,22)23)12-7-5-11(6-8-12)10-27-4/h5-8,27H,9-10H2,1-4H3. The van der Waals surface area contributed by atoms with Gasteiger partial charge in [0.2, 0.25) is 0 Å². The van der Waals surface area contributed by atoms with Crippen LogP contribution in [-0.4, -0.2) is 37.2 Å². The normalized spacial score (nSPS) is 14.0. The molecule has 0 amide bonds. The first kappa shape index (κ1) is 23.7. The summed E-state index contributed by atoms with van der Waals surface area (Å²) in [6.45, 7) is 4.64. The molecular weight excluding hydrogens is 397 g/mol. The SMILES string of the molecule is CPCc1ccc(C(OCC(=O)OC(C)(C)C)(C(F)(F)F)C(F)(F)F)cc1. The van der Waals surface area contributed by atoms with Crippen LogP contribution in [0.4, 0.5) is 26.3 Å². The molecule has 1 unspecified atom stereocenters. The summed E-state index contributed by atoms with van der Waals surface area (Å²) in [5.41, 5.74) is -6.26. The number of benzene rings is 1. The number of ether oxygens (including phenoxy) is 2. The summed E-state index contributed by atoms with van der Waals surface area (Å²) in [5.74, 6) is -1.33. The molecular formula is C17H21F6O3P. The van der Waals surface area contributed by atoms with E-state index in [0.717, 1.165) is 12.1 Å². The summed E-state index contributed by atoms with van der Waals surface area (Å²) in [7, 11) is 0.451. The third kappa shape index (κ3) is 5.82. The van der Waals surface area contributed by atoms with Crippen LogP contribution >= 0.6 is 8.58 Å². The number of hydrogen-bond donors (Lipinski definition) is 0. The molecule has 0 aliphatic heterocycles. The van der Waals surface area contributed by atoms with Crippen LogP contribution in [0, 0.1) is 0 Å². The average Bonchev–Trinajstić information content (AvgIpc) is 2.45. The maximum atomic E-state index is 13.6. The number of carbonyl (C=O) groups is 1. The predicted molar refractivity (Wildman–Crippen MR) is 90.0 cm³/mol. The van der Waals surface area contributed by atoms with Crippen LogP contribution in [0.1, 0.15) is 31.9 Å². The van der Waals surface area contributed by atoms with E-state index in [1.165, 1.54) is 32.9 Å². The molecule has 0 saturated heterocycles. The highest BCUT2D eigenvalue weighted by molar-refractivity contribution is 7.36. The summed E-state index contributed by atoms with van der Waals surface area (Å²) in [5, 5.41) is 0. The molecule has 0 spiro atoms. The average molecular weight is 418 g/mol. The minimum Gasteiger partial charge on any atom is -0.458 e. The van der Waals surface area contributed by atoms with Gasteiger partial charge in [0.05, 0.1) is 0 Å². The Balaban J connectivity index is 3.33. The Labute approximate surface area is 155 Å². The summed E-state index contributed by atoms with van der Waals surface area (Å²) in [6, 6.07) is 3.83. The van der Waals surface area contributed by atoms with Gasteiger partial charge in [0.15, 0.2) is 0 Å². The number of rotatable bonds is 6. The molecule has 1 aromatic rings. The smallest absolute Gasteiger partial charge is 0.430 e. The van der Waals surface area contributed by atoms with Crippen molar-refractivity contribution in [3.8, 4) is 0 Å². The van der Waals surface area contributed by atoms with Crippen LogP contribution in [0.15, 0.2) is 24.3 Å². The van der Waals surface area contributed by atoms with Crippen molar-refractivity contribution < 1.29 is 40.6 Å². The van der Waals surface area contributed by atoms with E-state index in [1.54, 1.807) is 0 Å². The summed E-state index contributed by atoms with van der Waals surface area (Å²) < 4.78 is 90.6. The van der Waals surface area contributed by atoms with Crippen molar-refractivity contribution in [1.82, 2.24) is 0 Å². The Morgan fingerprint density at radius 2 is 1.44 bits per heavy atom. The first-order valence-corrected chi connectivity index (χ1v) is 9.58. The maximum absolute atomic E-state index is 13.6. The van der Waals surface area contributed by atoms with Gasteiger partial charge < -0.3 is 9.47 Å². The Kier molecular flexibility index (Phi) is 7.33. The highest BCUT2D eigenvalue weighted by Gasteiger charge is 2.73. The minimum absolute atomic E-state index is 0.451. The number of esters is 1. The Hall–Kier alpha value is -1.34. The first-order valence-electron chi connectivity index (χ1n) is 7.87. The fourth-order valence-electron chi connectivity index (χ4n) is 2.33. The molecule has 154 valence electrons. The van der Waals surface area contributed by atoms with Gasteiger partial charge in [-0.3, -0.25) is 0 Å². The van der Waals surface area contributed by atoms with Crippen LogP contribution in [-0.2, 0) is 26.0 Å². The van der Waals surface area contributed by atoms with Crippen molar-refractivity contribution in [3.63, 3.8) is 0 Å². The van der Waals surface area contributed by atoms with Crippen molar-refractivity contribution in [2.45, 2.75) is 50.5 Å². The minimum atomic E-state index is -5.85. The van der Waals surface area contributed by atoms with Crippen molar-refractivity contribution in [3.05, 3.63) is 35.4 Å². The van der Waals surface area contributed by atoms with E-state index in [2.05, 4.69) is 4.74 Å². The van der Waals surface area contributed by atoms with E-state index in [0.29, 0.717) is 20.3 Å². The third-order valence-corrected chi connectivity index (χ3v) is 4.13. The molecule has 0 saturated carbocycles. The molecule has 0 bridgehead atoms. The summed E-state index contributed by atoms with van der Waals surface area (Å²) >= 11 is 0. The first-order chi connectivity index (χ1) is 12.1. The molecule has 0 aromatic heterocycles. The van der Waals surface area contributed by atoms with Crippen LogP contribution < -0.4 is 0 Å². The molecule has 10 heteroatoms. The maximum Gasteiger partial charge on any atom is 0.430 e. The quantitative estimate of drug-likeness (QED) is 0.363. The summed E-state index contributed by atoms with van der Waals surface area (Å²) in [4.78, 5) is 11.6. The van der Waals surface area contributed by atoms with E-state index in [1.807, 2.05) is 6.66 Å². The zero-order chi connectivity index (χ0) is 21.1. The second kappa shape index (κ2) is 8.35. The topological polar surface area (TPSA) is 35.5 Å². The second-order valence-electron chi connectivity index (χ2n) is 6.78. The highest BCUT2D eigenvalue weighted by atomic mass is 31.1. The molecule has 0 radical (unpaired) electrons. The molecule has 1 atom stereocenters. The Morgan fingerprint density at radius 1 is 0.963 bits per heavy atom. The van der Waals surface area contributed by atoms with Crippen LogP contribution in [0.25, 0.3) is 0 Å². The monoisotopic (exact) mass is 418 g/mol. The zero-order valence-corrected chi connectivity index (χ0v) is 16.2. The Morgan fingerprint density at radius 3 is 1.81 bits per heavy atom.